The van der Waals surface area contributed by atoms with Crippen molar-refractivity contribution in [2.24, 2.45) is 4.99 Å². The van der Waals surface area contributed by atoms with Gasteiger partial charge >= 0.3 is 0 Å². The zero-order valence-electron chi connectivity index (χ0n) is 17.4. The number of allylic oxidation sites excluding steroid dienone is 1. The molecular formula is C26H21CuN5. The number of fused-ring (bicyclic) bond motifs is 8. The van der Waals surface area contributed by atoms with Crippen LogP contribution in [-0.2, 0) is 22.5 Å². The van der Waals surface area contributed by atoms with Crippen molar-refractivity contribution in [3.8, 4) is 0 Å². The van der Waals surface area contributed by atoms with Crippen molar-refractivity contribution < 1.29 is 17.1 Å². The van der Waals surface area contributed by atoms with Gasteiger partial charge in [-0.15, -0.1) is 0 Å². The van der Waals surface area contributed by atoms with E-state index in [9.17, 15) is 0 Å². The van der Waals surface area contributed by atoms with Gasteiger partial charge in [-0.25, -0.2) is 9.97 Å². The monoisotopic (exact) mass is 466 g/mol. The number of aliphatic imine (C=N–C) groups is 1. The van der Waals surface area contributed by atoms with Crippen molar-refractivity contribution >= 4 is 52.6 Å². The average molecular weight is 467 g/mol. The number of nitrogens with zero attached hydrogens (tertiary/aromatic N) is 3. The Morgan fingerprint density at radius 3 is 2.09 bits per heavy atom. The van der Waals surface area contributed by atoms with E-state index in [2.05, 4.69) is 69.3 Å². The molecule has 6 heteroatoms. The van der Waals surface area contributed by atoms with E-state index in [0.29, 0.717) is 0 Å². The molecule has 8 bridgehead atoms. The Bertz CT molecular complexity index is 1480. The molecule has 1 unspecified atom stereocenters. The number of hydrogen-bond donors (Lipinski definition) is 2. The molecule has 3 aliphatic heterocycles. The second kappa shape index (κ2) is 7.90. The first-order chi connectivity index (χ1) is 15.1. The number of aromatic amines is 2. The molecule has 0 saturated carbocycles. The molecule has 0 saturated heterocycles. The molecule has 1 radical (unpaired) electrons. The summed E-state index contributed by atoms with van der Waals surface area (Å²) in [6.45, 7) is 2.25. The normalized spacial score (nSPS) is 18.7. The third-order valence-electron chi connectivity index (χ3n) is 5.93. The molecule has 1 atom stereocenters. The Kier molecular flexibility index (Phi) is 5.04. The van der Waals surface area contributed by atoms with E-state index < -0.39 is 0 Å². The van der Waals surface area contributed by atoms with E-state index in [1.165, 1.54) is 5.56 Å². The van der Waals surface area contributed by atoms with Crippen LogP contribution in [0.25, 0.3) is 46.4 Å². The molecule has 3 aromatic rings. The summed E-state index contributed by atoms with van der Waals surface area (Å²) < 4.78 is 0. The van der Waals surface area contributed by atoms with E-state index in [4.69, 9.17) is 4.98 Å². The molecule has 2 N–H and O–H groups in total. The topological polar surface area (TPSA) is 69.7 Å². The van der Waals surface area contributed by atoms with Crippen molar-refractivity contribution in [2.45, 2.75) is 18.8 Å². The predicted molar refractivity (Wildman–Crippen MR) is 128 cm³/mol. The summed E-state index contributed by atoms with van der Waals surface area (Å²) in [5, 5.41) is 0. The minimum Gasteiger partial charge on any atom is -0.355 e. The SMILES string of the molecule is CC1(c2cc3cc4ccc(cc5nc(cc6nc(cc2[nH]3)C=C6)C=C5)[nH]4)C=CN=CC1.[Cu]. The molecule has 0 amide bonds. The molecule has 0 spiro atoms. The van der Waals surface area contributed by atoms with Crippen LogP contribution in [-0.4, -0.2) is 26.2 Å². The molecule has 0 aliphatic carbocycles. The summed E-state index contributed by atoms with van der Waals surface area (Å²) in [5.74, 6) is 0. The van der Waals surface area contributed by atoms with Crippen LogP contribution in [0.2, 0.25) is 0 Å². The van der Waals surface area contributed by atoms with Gasteiger partial charge in [0.1, 0.15) is 0 Å². The van der Waals surface area contributed by atoms with Crippen molar-refractivity contribution in [1.29, 1.82) is 0 Å². The maximum atomic E-state index is 4.79. The summed E-state index contributed by atoms with van der Waals surface area (Å²) in [7, 11) is 0. The molecule has 6 rings (SSSR count). The second-order valence-electron chi connectivity index (χ2n) is 8.36. The van der Waals surface area contributed by atoms with Gasteiger partial charge in [0.15, 0.2) is 0 Å². The van der Waals surface area contributed by atoms with Gasteiger partial charge in [-0.05, 0) is 78.8 Å². The Morgan fingerprint density at radius 2 is 1.41 bits per heavy atom. The van der Waals surface area contributed by atoms with Crippen LogP contribution in [0.15, 0.2) is 59.7 Å². The minimum atomic E-state index is -0.120. The summed E-state index contributed by atoms with van der Waals surface area (Å²) in [4.78, 5) is 20.8. The van der Waals surface area contributed by atoms with Gasteiger partial charge < -0.3 is 9.97 Å². The van der Waals surface area contributed by atoms with Crippen LogP contribution < -0.4 is 0 Å². The van der Waals surface area contributed by atoms with Gasteiger partial charge in [0, 0.05) is 57.0 Å². The maximum absolute atomic E-state index is 4.79. The molecular weight excluding hydrogens is 446 g/mol. The first-order valence-corrected chi connectivity index (χ1v) is 10.4. The van der Waals surface area contributed by atoms with Crippen LogP contribution in [0.5, 0.6) is 0 Å². The van der Waals surface area contributed by atoms with Crippen molar-refractivity contribution in [3.63, 3.8) is 0 Å². The van der Waals surface area contributed by atoms with Crippen LogP contribution in [0.4, 0.5) is 0 Å². The summed E-state index contributed by atoms with van der Waals surface area (Å²) in [6.07, 6.45) is 15.0. The molecule has 3 aromatic heterocycles. The first-order valence-electron chi connectivity index (χ1n) is 10.4. The average Bonchev–Trinajstić information content (AvgIpc) is 3.53. The predicted octanol–water partition coefficient (Wildman–Crippen LogP) is 5.90. The Morgan fingerprint density at radius 1 is 0.750 bits per heavy atom. The van der Waals surface area contributed by atoms with E-state index in [-0.39, 0.29) is 22.5 Å². The summed E-state index contributed by atoms with van der Waals surface area (Å²) in [6, 6.07) is 14.7. The number of rotatable bonds is 1. The van der Waals surface area contributed by atoms with Crippen LogP contribution >= 0.6 is 0 Å². The van der Waals surface area contributed by atoms with E-state index in [1.54, 1.807) is 0 Å². The number of nitrogens with one attached hydrogen (secondary N) is 2. The van der Waals surface area contributed by atoms with Crippen molar-refractivity contribution in [1.82, 2.24) is 19.9 Å². The molecule has 5 nitrogen and oxygen atoms in total. The van der Waals surface area contributed by atoms with Gasteiger partial charge in [0.2, 0.25) is 0 Å². The largest absolute Gasteiger partial charge is 0.355 e. The zero-order valence-corrected chi connectivity index (χ0v) is 18.4. The van der Waals surface area contributed by atoms with E-state index >= 15 is 0 Å². The van der Waals surface area contributed by atoms with Crippen molar-refractivity contribution in [3.05, 3.63) is 83.1 Å². The zero-order chi connectivity index (χ0) is 20.8. The van der Waals surface area contributed by atoms with Gasteiger partial charge in [-0.1, -0.05) is 13.0 Å². The summed E-state index contributed by atoms with van der Waals surface area (Å²) >= 11 is 0. The second-order valence-corrected chi connectivity index (χ2v) is 8.36. The Labute approximate surface area is 196 Å². The molecule has 0 fully saturated rings. The molecule has 161 valence electrons. The number of H-pyrrole nitrogens is 2. The smallest absolute Gasteiger partial charge is 0.0659 e. The van der Waals surface area contributed by atoms with Crippen molar-refractivity contribution in [2.75, 3.05) is 0 Å². The fraction of sp³-hybridized carbons (Fsp3) is 0.115. The third-order valence-corrected chi connectivity index (χ3v) is 5.93. The Balaban J connectivity index is 0.00000216. The first kappa shape index (κ1) is 20.4. The van der Waals surface area contributed by atoms with Crippen LogP contribution in [0.3, 0.4) is 0 Å². The number of aromatic nitrogens is 4. The Hall–Kier alpha value is -3.47. The van der Waals surface area contributed by atoms with E-state index in [1.807, 2.05) is 42.8 Å². The van der Waals surface area contributed by atoms with Gasteiger partial charge in [0.25, 0.3) is 0 Å². The van der Waals surface area contributed by atoms with Gasteiger partial charge in [-0.3, -0.25) is 4.99 Å². The fourth-order valence-corrected chi connectivity index (χ4v) is 4.27. The molecule has 32 heavy (non-hydrogen) atoms. The quantitative estimate of drug-likeness (QED) is 0.302. The molecule has 0 aromatic carbocycles. The van der Waals surface area contributed by atoms with E-state index in [0.717, 1.165) is 51.3 Å². The molecule has 6 heterocycles. The van der Waals surface area contributed by atoms with Crippen LogP contribution in [0.1, 0.15) is 41.7 Å². The number of hydrogen-bond acceptors (Lipinski definition) is 3. The summed E-state index contributed by atoms with van der Waals surface area (Å²) in [5.41, 5.74) is 8.94. The molecule has 3 aliphatic rings. The van der Waals surface area contributed by atoms with Crippen LogP contribution in [0, 0.1) is 0 Å². The standard InChI is InChI=1S/C26H21N5.Cu/c1-26(8-10-27-11-9-26)24-15-23-14-21-5-4-19(29-21)12-17-2-3-18(28-17)13-20-6-7-22(30-20)16-25(24)31-23;/h2-8,10-16,29,31H,9H2,1H3;. The maximum Gasteiger partial charge on any atom is 0.0659 e. The fourth-order valence-electron chi connectivity index (χ4n) is 4.27. The van der Waals surface area contributed by atoms with Gasteiger partial charge in [-0.2, -0.15) is 0 Å². The third kappa shape index (κ3) is 3.79. The van der Waals surface area contributed by atoms with Gasteiger partial charge in [0.05, 0.1) is 22.8 Å². The minimum absolute atomic E-state index is 0.